The number of piperidine rings is 1. The highest BCUT2D eigenvalue weighted by Gasteiger charge is 2.16. The quantitative estimate of drug-likeness (QED) is 0.357. The molecule has 17 heavy (non-hydrogen) atoms. The molecule has 102 valence electrons. The molecule has 0 atom stereocenters. The molecule has 0 aromatic heterocycles. The molecule has 1 saturated heterocycles. The number of hydrogen-bond donors (Lipinski definition) is 1. The molecule has 0 spiro atoms. The van der Waals surface area contributed by atoms with Crippen LogP contribution < -0.4 is 5.73 Å². The molecule has 0 aromatic carbocycles. The van der Waals surface area contributed by atoms with Gasteiger partial charge >= 0.3 is 0 Å². The van der Waals surface area contributed by atoms with Crippen LogP contribution in [0.4, 0.5) is 0 Å². The molecule has 0 aliphatic carbocycles. The SMILES string of the molecule is CCCCCCN=C(N)N1CCC(C)CC1.I. The predicted octanol–water partition coefficient (Wildman–Crippen LogP) is 3.23. The first-order chi connectivity index (χ1) is 7.74. The van der Waals surface area contributed by atoms with E-state index in [1.165, 1.54) is 38.5 Å². The van der Waals surface area contributed by atoms with Crippen molar-refractivity contribution in [3.8, 4) is 0 Å². The molecule has 0 aromatic rings. The standard InChI is InChI=1S/C13H27N3.HI/c1-3-4-5-6-9-15-13(14)16-10-7-12(2)8-11-16;/h12H,3-11H2,1-2H3,(H2,14,15);1H. The molecule has 0 saturated carbocycles. The van der Waals surface area contributed by atoms with Gasteiger partial charge in [0.05, 0.1) is 0 Å². The summed E-state index contributed by atoms with van der Waals surface area (Å²) in [5.74, 6) is 1.62. The van der Waals surface area contributed by atoms with Crippen LogP contribution in [0.15, 0.2) is 4.99 Å². The first-order valence-corrected chi connectivity index (χ1v) is 6.79. The molecule has 2 N–H and O–H groups in total. The summed E-state index contributed by atoms with van der Waals surface area (Å²) in [6.07, 6.45) is 7.57. The van der Waals surface area contributed by atoms with Crippen LogP contribution in [0.5, 0.6) is 0 Å². The third kappa shape index (κ3) is 7.11. The van der Waals surface area contributed by atoms with Crippen molar-refractivity contribution in [2.24, 2.45) is 16.6 Å². The summed E-state index contributed by atoms with van der Waals surface area (Å²) in [5, 5.41) is 0. The van der Waals surface area contributed by atoms with E-state index in [-0.39, 0.29) is 24.0 Å². The van der Waals surface area contributed by atoms with E-state index in [4.69, 9.17) is 5.73 Å². The Balaban J connectivity index is 0.00000256. The van der Waals surface area contributed by atoms with Gasteiger partial charge in [-0.25, -0.2) is 0 Å². The lowest BCUT2D eigenvalue weighted by Gasteiger charge is -2.31. The van der Waals surface area contributed by atoms with Gasteiger partial charge in [0.15, 0.2) is 5.96 Å². The molecule has 1 fully saturated rings. The Bertz CT molecular complexity index is 211. The van der Waals surface area contributed by atoms with Crippen molar-refractivity contribution in [2.45, 2.75) is 52.4 Å². The highest BCUT2D eigenvalue weighted by molar-refractivity contribution is 14.0. The fourth-order valence-corrected chi connectivity index (χ4v) is 2.07. The first kappa shape index (κ1) is 17.0. The number of likely N-dealkylation sites (tertiary alicyclic amines) is 1. The molecule has 4 heteroatoms. The van der Waals surface area contributed by atoms with E-state index in [0.29, 0.717) is 0 Å². The molecule has 0 amide bonds. The molecule has 3 nitrogen and oxygen atoms in total. The number of halogens is 1. The van der Waals surface area contributed by atoms with E-state index >= 15 is 0 Å². The van der Waals surface area contributed by atoms with E-state index in [2.05, 4.69) is 23.7 Å². The van der Waals surface area contributed by atoms with Crippen LogP contribution in [0.25, 0.3) is 0 Å². The van der Waals surface area contributed by atoms with Crippen molar-refractivity contribution in [3.05, 3.63) is 0 Å². The van der Waals surface area contributed by atoms with Gasteiger partial charge in [-0.15, -0.1) is 24.0 Å². The van der Waals surface area contributed by atoms with Crippen LogP contribution in [0, 0.1) is 5.92 Å². The van der Waals surface area contributed by atoms with Crippen molar-refractivity contribution in [3.63, 3.8) is 0 Å². The van der Waals surface area contributed by atoms with Crippen LogP contribution >= 0.6 is 24.0 Å². The molecule has 1 heterocycles. The van der Waals surface area contributed by atoms with Crippen LogP contribution in [0.1, 0.15) is 52.4 Å². The summed E-state index contributed by atoms with van der Waals surface area (Å²) < 4.78 is 0. The number of hydrogen-bond acceptors (Lipinski definition) is 1. The minimum absolute atomic E-state index is 0. The summed E-state index contributed by atoms with van der Waals surface area (Å²) in [4.78, 5) is 6.70. The molecule has 1 rings (SSSR count). The Morgan fingerprint density at radius 2 is 1.88 bits per heavy atom. The summed E-state index contributed by atoms with van der Waals surface area (Å²) in [5.41, 5.74) is 5.98. The van der Waals surface area contributed by atoms with Crippen LogP contribution in [0.3, 0.4) is 0 Å². The minimum Gasteiger partial charge on any atom is -0.370 e. The second kappa shape index (κ2) is 9.97. The zero-order valence-electron chi connectivity index (χ0n) is 11.3. The molecule has 0 radical (unpaired) electrons. The molecule has 1 aliphatic rings. The van der Waals surface area contributed by atoms with Crippen molar-refractivity contribution in [2.75, 3.05) is 19.6 Å². The Hall–Kier alpha value is 0. The van der Waals surface area contributed by atoms with E-state index < -0.39 is 0 Å². The average Bonchev–Trinajstić information content (AvgIpc) is 2.29. The minimum atomic E-state index is 0. The van der Waals surface area contributed by atoms with Gasteiger partial charge < -0.3 is 10.6 Å². The van der Waals surface area contributed by atoms with Crippen LogP contribution in [0.2, 0.25) is 0 Å². The third-order valence-corrected chi connectivity index (χ3v) is 3.39. The fraction of sp³-hybridized carbons (Fsp3) is 0.923. The third-order valence-electron chi connectivity index (χ3n) is 3.39. The Morgan fingerprint density at radius 3 is 2.47 bits per heavy atom. The zero-order valence-corrected chi connectivity index (χ0v) is 13.7. The number of nitrogens with two attached hydrogens (primary N) is 1. The van der Waals surface area contributed by atoms with Gasteiger partial charge in [0.25, 0.3) is 0 Å². The maximum Gasteiger partial charge on any atom is 0.191 e. The number of rotatable bonds is 5. The number of aliphatic imine (C=N–C) groups is 1. The highest BCUT2D eigenvalue weighted by Crippen LogP contribution is 2.15. The summed E-state index contributed by atoms with van der Waals surface area (Å²) in [6, 6.07) is 0. The lowest BCUT2D eigenvalue weighted by atomic mass is 10.00. The average molecular weight is 353 g/mol. The topological polar surface area (TPSA) is 41.6 Å². The largest absolute Gasteiger partial charge is 0.370 e. The monoisotopic (exact) mass is 353 g/mol. The Labute approximate surface area is 123 Å². The molecular weight excluding hydrogens is 325 g/mol. The summed E-state index contributed by atoms with van der Waals surface area (Å²) in [7, 11) is 0. The number of unbranched alkanes of at least 4 members (excludes halogenated alkanes) is 3. The van der Waals surface area contributed by atoms with Gasteiger partial charge in [-0.1, -0.05) is 33.1 Å². The maximum absolute atomic E-state index is 5.98. The van der Waals surface area contributed by atoms with Gasteiger partial charge in [0.2, 0.25) is 0 Å². The first-order valence-electron chi connectivity index (χ1n) is 6.79. The number of nitrogens with zero attached hydrogens (tertiary/aromatic N) is 2. The summed E-state index contributed by atoms with van der Waals surface area (Å²) >= 11 is 0. The van der Waals surface area contributed by atoms with Crippen molar-refractivity contribution < 1.29 is 0 Å². The smallest absolute Gasteiger partial charge is 0.191 e. The van der Waals surface area contributed by atoms with Gasteiger partial charge in [0, 0.05) is 19.6 Å². The predicted molar refractivity (Wildman–Crippen MR) is 86.0 cm³/mol. The molecular formula is C13H28IN3. The normalized spacial score (nSPS) is 18.0. The zero-order chi connectivity index (χ0) is 11.8. The van der Waals surface area contributed by atoms with E-state index in [1.807, 2.05) is 0 Å². The molecule has 1 aliphatic heterocycles. The molecule has 0 bridgehead atoms. The highest BCUT2D eigenvalue weighted by atomic mass is 127. The second-order valence-electron chi connectivity index (χ2n) is 4.97. The lowest BCUT2D eigenvalue weighted by molar-refractivity contribution is 0.277. The van der Waals surface area contributed by atoms with Crippen molar-refractivity contribution in [1.82, 2.24) is 4.90 Å². The maximum atomic E-state index is 5.98. The van der Waals surface area contributed by atoms with E-state index in [1.54, 1.807) is 0 Å². The van der Waals surface area contributed by atoms with E-state index in [0.717, 1.165) is 31.5 Å². The van der Waals surface area contributed by atoms with Gasteiger partial charge in [0.1, 0.15) is 0 Å². The van der Waals surface area contributed by atoms with Gasteiger partial charge in [-0.3, -0.25) is 4.99 Å². The Morgan fingerprint density at radius 1 is 1.24 bits per heavy atom. The van der Waals surface area contributed by atoms with Crippen LogP contribution in [-0.2, 0) is 0 Å². The lowest BCUT2D eigenvalue weighted by Crippen LogP contribution is -2.42. The van der Waals surface area contributed by atoms with Crippen molar-refractivity contribution in [1.29, 1.82) is 0 Å². The summed E-state index contributed by atoms with van der Waals surface area (Å²) in [6.45, 7) is 7.62. The van der Waals surface area contributed by atoms with Gasteiger partial charge in [-0.2, -0.15) is 0 Å². The number of guanidine groups is 1. The Kier molecular flexibility index (Phi) is 9.97. The van der Waals surface area contributed by atoms with E-state index in [9.17, 15) is 0 Å². The van der Waals surface area contributed by atoms with Crippen LogP contribution in [-0.4, -0.2) is 30.5 Å². The molecule has 0 unspecified atom stereocenters. The fourth-order valence-electron chi connectivity index (χ4n) is 2.07. The second-order valence-corrected chi connectivity index (χ2v) is 4.97. The van der Waals surface area contributed by atoms with Crippen molar-refractivity contribution >= 4 is 29.9 Å². The van der Waals surface area contributed by atoms with Gasteiger partial charge in [-0.05, 0) is 25.2 Å².